The summed E-state index contributed by atoms with van der Waals surface area (Å²) in [6.07, 6.45) is 1.21. The number of hydrogen-bond acceptors (Lipinski definition) is 7. The van der Waals surface area contributed by atoms with Crippen molar-refractivity contribution in [1.82, 2.24) is 25.8 Å². The predicted octanol–water partition coefficient (Wildman–Crippen LogP) is 4.86. The van der Waals surface area contributed by atoms with Crippen LogP contribution in [0.5, 0.6) is 0 Å². The standard InChI is InChI=1S/C19H24ClN3O2.C9H18N2O2/c1-19(2,3)25-18(24)21-15-8-9-23(12-15)11-14-10-13-6-4-5-7-16(13)22-17(14)20;1-9(2,3)13-8(12)11-7-4-5-10-6-7/h4-7,10,15H,8-9,11-12H2,1-3H3,(H,21,24);7,10H,4-6H2,1-3H3,(H,11,12). The van der Waals surface area contributed by atoms with E-state index in [1.807, 2.05) is 65.8 Å². The second kappa shape index (κ2) is 13.0. The van der Waals surface area contributed by atoms with Gasteiger partial charge in [-0.05, 0) is 73.1 Å². The molecule has 1 aromatic carbocycles. The molecule has 2 fully saturated rings. The van der Waals surface area contributed by atoms with Gasteiger partial charge in [0.05, 0.1) is 5.52 Å². The number of alkyl carbamates (subject to hydrolysis) is 2. The number of hydrogen-bond donors (Lipinski definition) is 3. The van der Waals surface area contributed by atoms with Crippen LogP contribution in [0.4, 0.5) is 9.59 Å². The Labute approximate surface area is 231 Å². The van der Waals surface area contributed by atoms with Crippen LogP contribution in [0.25, 0.3) is 10.9 Å². The molecule has 2 aliphatic heterocycles. The third-order valence-corrected chi connectivity index (χ3v) is 6.25. The van der Waals surface area contributed by atoms with Crippen LogP contribution >= 0.6 is 11.6 Å². The van der Waals surface area contributed by atoms with Crippen molar-refractivity contribution in [3.63, 3.8) is 0 Å². The highest BCUT2D eigenvalue weighted by Crippen LogP contribution is 2.23. The SMILES string of the molecule is CC(C)(C)OC(=O)NC1CCN(Cc2cc3ccccc3nc2Cl)C1.CC(C)(C)OC(=O)NC1CCNC1. The molecule has 1 aromatic heterocycles. The van der Waals surface area contributed by atoms with Crippen LogP contribution in [0.3, 0.4) is 0 Å². The van der Waals surface area contributed by atoms with E-state index >= 15 is 0 Å². The first kappa shape index (κ1) is 29.9. The second-order valence-electron chi connectivity index (χ2n) is 11.8. The zero-order chi connectivity index (χ0) is 27.9. The van der Waals surface area contributed by atoms with Crippen LogP contribution in [-0.2, 0) is 16.0 Å². The van der Waals surface area contributed by atoms with Crippen molar-refractivity contribution in [1.29, 1.82) is 0 Å². The Hall–Kier alpha value is -2.62. The van der Waals surface area contributed by atoms with E-state index in [0.717, 1.165) is 62.0 Å². The minimum Gasteiger partial charge on any atom is -0.444 e. The molecule has 0 spiro atoms. The molecule has 0 aliphatic carbocycles. The molecule has 2 atom stereocenters. The average molecular weight is 548 g/mol. The smallest absolute Gasteiger partial charge is 0.407 e. The highest BCUT2D eigenvalue weighted by Gasteiger charge is 2.27. The molecule has 9 nitrogen and oxygen atoms in total. The number of carbonyl (C=O) groups excluding carboxylic acids is 2. The Morgan fingerprint density at radius 3 is 2.26 bits per heavy atom. The molecule has 38 heavy (non-hydrogen) atoms. The fourth-order valence-corrected chi connectivity index (χ4v) is 4.51. The predicted molar refractivity (Wildman–Crippen MR) is 150 cm³/mol. The summed E-state index contributed by atoms with van der Waals surface area (Å²) in [5.74, 6) is 0. The van der Waals surface area contributed by atoms with Crippen molar-refractivity contribution in [3.8, 4) is 0 Å². The van der Waals surface area contributed by atoms with Crippen molar-refractivity contribution in [2.75, 3.05) is 26.2 Å². The van der Waals surface area contributed by atoms with Crippen LogP contribution in [-0.4, -0.2) is 71.5 Å². The molecule has 2 aliphatic rings. The fourth-order valence-electron chi connectivity index (χ4n) is 4.31. The number of amides is 2. The molecule has 3 N–H and O–H groups in total. The quantitative estimate of drug-likeness (QED) is 0.469. The number of benzene rings is 1. The van der Waals surface area contributed by atoms with E-state index in [-0.39, 0.29) is 24.3 Å². The van der Waals surface area contributed by atoms with Gasteiger partial charge in [-0.15, -0.1) is 0 Å². The zero-order valence-corrected chi connectivity index (χ0v) is 24.2. The van der Waals surface area contributed by atoms with Gasteiger partial charge >= 0.3 is 12.2 Å². The van der Waals surface area contributed by atoms with Crippen molar-refractivity contribution in [2.45, 2.75) is 84.2 Å². The van der Waals surface area contributed by atoms with Gasteiger partial charge in [-0.2, -0.15) is 0 Å². The lowest BCUT2D eigenvalue weighted by Gasteiger charge is -2.22. The third-order valence-electron chi connectivity index (χ3n) is 5.92. The van der Waals surface area contributed by atoms with Crippen molar-refractivity contribution >= 4 is 34.7 Å². The highest BCUT2D eigenvalue weighted by atomic mass is 35.5. The summed E-state index contributed by atoms with van der Waals surface area (Å²) in [7, 11) is 0. The first-order valence-corrected chi connectivity index (χ1v) is 13.6. The van der Waals surface area contributed by atoms with Crippen molar-refractivity contribution in [3.05, 3.63) is 41.0 Å². The van der Waals surface area contributed by atoms with Gasteiger partial charge in [0.2, 0.25) is 0 Å². The number of nitrogens with zero attached hydrogens (tertiary/aromatic N) is 2. The molecule has 0 radical (unpaired) electrons. The number of carbonyl (C=O) groups is 2. The Morgan fingerprint density at radius 2 is 1.66 bits per heavy atom. The molecular formula is C28H42ClN5O4. The Bertz CT molecular complexity index is 1090. The molecule has 0 bridgehead atoms. The lowest BCUT2D eigenvalue weighted by Crippen LogP contribution is -2.40. The number of halogens is 1. The summed E-state index contributed by atoms with van der Waals surface area (Å²) in [5, 5.41) is 10.6. The number of pyridine rings is 1. The molecule has 2 amide bonds. The van der Waals surface area contributed by atoms with Crippen LogP contribution in [0.1, 0.15) is 59.9 Å². The summed E-state index contributed by atoms with van der Waals surface area (Å²) in [4.78, 5) is 29.9. The van der Waals surface area contributed by atoms with Crippen molar-refractivity contribution < 1.29 is 19.1 Å². The molecule has 0 saturated carbocycles. The Kier molecular flexibility index (Phi) is 10.2. The number of fused-ring (bicyclic) bond motifs is 1. The molecule has 10 heteroatoms. The van der Waals surface area contributed by atoms with Gasteiger partial charge in [0, 0.05) is 49.2 Å². The topological polar surface area (TPSA) is 105 Å². The highest BCUT2D eigenvalue weighted by molar-refractivity contribution is 6.30. The summed E-state index contributed by atoms with van der Waals surface area (Å²) in [5.41, 5.74) is 1.03. The molecular weight excluding hydrogens is 506 g/mol. The lowest BCUT2D eigenvalue weighted by atomic mass is 10.1. The molecule has 210 valence electrons. The molecule has 3 heterocycles. The zero-order valence-electron chi connectivity index (χ0n) is 23.4. The van der Waals surface area contributed by atoms with E-state index in [2.05, 4.69) is 31.9 Å². The number of nitrogens with one attached hydrogen (secondary N) is 3. The Balaban J connectivity index is 0.000000260. The van der Waals surface area contributed by atoms with Crippen LogP contribution in [0.2, 0.25) is 5.15 Å². The van der Waals surface area contributed by atoms with Gasteiger partial charge in [-0.3, -0.25) is 4.90 Å². The number of likely N-dealkylation sites (tertiary alicyclic amines) is 1. The molecule has 2 unspecified atom stereocenters. The average Bonchev–Trinajstić information content (AvgIpc) is 3.44. The maximum absolute atomic E-state index is 11.9. The fraction of sp³-hybridized carbons (Fsp3) is 0.607. The van der Waals surface area contributed by atoms with Crippen molar-refractivity contribution in [2.24, 2.45) is 0 Å². The van der Waals surface area contributed by atoms with E-state index in [0.29, 0.717) is 5.15 Å². The maximum atomic E-state index is 11.9. The van der Waals surface area contributed by atoms with Crippen LogP contribution < -0.4 is 16.0 Å². The summed E-state index contributed by atoms with van der Waals surface area (Å²) >= 11 is 6.35. The van der Waals surface area contributed by atoms with Crippen LogP contribution in [0.15, 0.2) is 30.3 Å². The van der Waals surface area contributed by atoms with Gasteiger partial charge < -0.3 is 25.4 Å². The minimum atomic E-state index is -0.479. The molecule has 4 rings (SSSR count). The monoisotopic (exact) mass is 547 g/mol. The minimum absolute atomic E-state index is 0.0991. The number of rotatable bonds is 4. The maximum Gasteiger partial charge on any atom is 0.407 e. The van der Waals surface area contributed by atoms with E-state index in [1.54, 1.807) is 0 Å². The van der Waals surface area contributed by atoms with Crippen LogP contribution in [0, 0.1) is 0 Å². The van der Waals surface area contributed by atoms with E-state index in [1.165, 1.54) is 0 Å². The van der Waals surface area contributed by atoms with E-state index in [9.17, 15) is 9.59 Å². The summed E-state index contributed by atoms with van der Waals surface area (Å²) in [6, 6.07) is 10.4. The summed E-state index contributed by atoms with van der Waals surface area (Å²) in [6.45, 7) is 15.4. The van der Waals surface area contributed by atoms with Gasteiger partial charge in [-0.25, -0.2) is 14.6 Å². The van der Waals surface area contributed by atoms with Gasteiger partial charge in [-0.1, -0.05) is 29.8 Å². The third kappa shape index (κ3) is 10.3. The Morgan fingerprint density at radius 1 is 1.03 bits per heavy atom. The van der Waals surface area contributed by atoms with Gasteiger partial charge in [0.15, 0.2) is 0 Å². The van der Waals surface area contributed by atoms with Gasteiger partial charge in [0.25, 0.3) is 0 Å². The lowest BCUT2D eigenvalue weighted by molar-refractivity contribution is 0.0495. The largest absolute Gasteiger partial charge is 0.444 e. The first-order chi connectivity index (χ1) is 17.8. The molecule has 2 aromatic rings. The van der Waals surface area contributed by atoms with Gasteiger partial charge in [0.1, 0.15) is 16.4 Å². The number of para-hydroxylation sites is 1. The first-order valence-electron chi connectivity index (χ1n) is 13.2. The normalized spacial score (nSPS) is 20.0. The number of aromatic nitrogens is 1. The van der Waals surface area contributed by atoms with E-state index in [4.69, 9.17) is 21.1 Å². The summed E-state index contributed by atoms with van der Waals surface area (Å²) < 4.78 is 10.4. The second-order valence-corrected chi connectivity index (χ2v) is 12.2. The number of ether oxygens (including phenoxy) is 2. The molecule has 2 saturated heterocycles. The van der Waals surface area contributed by atoms with E-state index < -0.39 is 11.2 Å².